The number of methoxy groups -OCH3 is 1. The first-order valence-corrected chi connectivity index (χ1v) is 9.47. The van der Waals surface area contributed by atoms with E-state index >= 15 is 0 Å². The van der Waals surface area contributed by atoms with Gasteiger partial charge in [-0.05, 0) is 43.4 Å². The third-order valence-electron chi connectivity index (χ3n) is 4.83. The molecule has 1 aliphatic carbocycles. The van der Waals surface area contributed by atoms with Crippen LogP contribution in [0.2, 0.25) is 0 Å². The van der Waals surface area contributed by atoms with Gasteiger partial charge in [0.2, 0.25) is 5.88 Å². The molecule has 0 aliphatic heterocycles. The fourth-order valence-electron chi connectivity index (χ4n) is 3.15. The molecule has 0 radical (unpaired) electrons. The van der Waals surface area contributed by atoms with Crippen molar-refractivity contribution in [2.24, 2.45) is 5.92 Å². The summed E-state index contributed by atoms with van der Waals surface area (Å²) in [6.07, 6.45) is 9.98. The van der Waals surface area contributed by atoms with Crippen LogP contribution in [0.3, 0.4) is 0 Å². The van der Waals surface area contributed by atoms with Gasteiger partial charge in [-0.25, -0.2) is 9.97 Å². The molecule has 28 heavy (non-hydrogen) atoms. The van der Waals surface area contributed by atoms with Crippen LogP contribution in [-0.2, 0) is 12.8 Å². The maximum absolute atomic E-state index is 5.14. The first-order chi connectivity index (χ1) is 13.7. The molecule has 1 saturated carbocycles. The molecule has 0 atom stereocenters. The highest BCUT2D eigenvalue weighted by molar-refractivity contribution is 5.63. The summed E-state index contributed by atoms with van der Waals surface area (Å²) in [5.74, 6) is 3.09. The van der Waals surface area contributed by atoms with Crippen LogP contribution < -0.4 is 15.3 Å². The molecule has 3 aromatic heterocycles. The quantitative estimate of drug-likeness (QED) is 0.657. The lowest BCUT2D eigenvalue weighted by atomic mass is 10.1. The molecule has 0 spiro atoms. The van der Waals surface area contributed by atoms with Crippen molar-refractivity contribution in [3.8, 4) is 17.1 Å². The van der Waals surface area contributed by atoms with Gasteiger partial charge in [0.15, 0.2) is 5.82 Å². The maximum Gasteiger partial charge on any atom is 0.212 e. The van der Waals surface area contributed by atoms with E-state index in [1.165, 1.54) is 12.8 Å². The minimum absolute atomic E-state index is 0.573. The second kappa shape index (κ2) is 7.80. The highest BCUT2D eigenvalue weighted by Gasteiger charge is 2.23. The highest BCUT2D eigenvalue weighted by atomic mass is 16.5. The Morgan fingerprint density at radius 3 is 2.82 bits per heavy atom. The first-order valence-electron chi connectivity index (χ1n) is 9.47. The van der Waals surface area contributed by atoms with Gasteiger partial charge in [-0.2, -0.15) is 10.2 Å². The molecule has 2 N–H and O–H groups in total. The van der Waals surface area contributed by atoms with Gasteiger partial charge in [0.25, 0.3) is 0 Å². The number of nitrogens with one attached hydrogen (secondary N) is 2. The van der Waals surface area contributed by atoms with E-state index in [0.717, 1.165) is 51.4 Å². The SMILES string of the molecule is C=C(/C=c1/c(-c2ccc(OC)nc2)n[nH]/c1=C/C)Cc1nc(CC2CC2)n[nH]1. The Balaban J connectivity index is 1.59. The van der Waals surface area contributed by atoms with Crippen molar-refractivity contribution in [3.05, 3.63) is 52.7 Å². The zero-order valence-corrected chi connectivity index (χ0v) is 16.2. The number of rotatable bonds is 7. The topological polar surface area (TPSA) is 92.4 Å². The third-order valence-corrected chi connectivity index (χ3v) is 4.83. The van der Waals surface area contributed by atoms with E-state index in [0.29, 0.717) is 12.3 Å². The van der Waals surface area contributed by atoms with Crippen LogP contribution in [0.4, 0.5) is 0 Å². The van der Waals surface area contributed by atoms with Gasteiger partial charge in [-0.15, -0.1) is 0 Å². The molecule has 3 aromatic rings. The molecule has 0 amide bonds. The van der Waals surface area contributed by atoms with Gasteiger partial charge in [0, 0.05) is 35.9 Å². The number of nitrogens with zero attached hydrogens (tertiary/aromatic N) is 4. The lowest BCUT2D eigenvalue weighted by molar-refractivity contribution is 0.398. The average Bonchev–Trinajstić information content (AvgIpc) is 3.27. The Bertz CT molecular complexity index is 1090. The monoisotopic (exact) mass is 376 g/mol. The predicted molar refractivity (Wildman–Crippen MR) is 108 cm³/mol. The van der Waals surface area contributed by atoms with Gasteiger partial charge >= 0.3 is 0 Å². The molecule has 7 nitrogen and oxygen atoms in total. The van der Waals surface area contributed by atoms with Gasteiger partial charge in [-0.3, -0.25) is 10.2 Å². The number of hydrogen-bond donors (Lipinski definition) is 2. The van der Waals surface area contributed by atoms with Crippen LogP contribution in [0.25, 0.3) is 23.4 Å². The van der Waals surface area contributed by atoms with E-state index in [9.17, 15) is 0 Å². The third kappa shape index (κ3) is 4.03. The van der Waals surface area contributed by atoms with Gasteiger partial charge in [0.1, 0.15) is 11.5 Å². The minimum Gasteiger partial charge on any atom is -0.481 e. The second-order valence-corrected chi connectivity index (χ2v) is 7.10. The van der Waals surface area contributed by atoms with Gasteiger partial charge in [0.05, 0.1) is 12.5 Å². The Labute approximate surface area is 163 Å². The zero-order chi connectivity index (χ0) is 19.5. The molecule has 7 heteroatoms. The van der Waals surface area contributed by atoms with Crippen molar-refractivity contribution in [2.75, 3.05) is 7.11 Å². The Morgan fingerprint density at radius 1 is 1.29 bits per heavy atom. The van der Waals surface area contributed by atoms with Crippen LogP contribution in [0.15, 0.2) is 30.5 Å². The van der Waals surface area contributed by atoms with Crippen LogP contribution in [0.1, 0.15) is 31.4 Å². The van der Waals surface area contributed by atoms with Crippen LogP contribution in [0, 0.1) is 5.92 Å². The fraction of sp³-hybridized carbons (Fsp3) is 0.333. The number of aromatic amines is 2. The predicted octanol–water partition coefficient (Wildman–Crippen LogP) is 1.93. The van der Waals surface area contributed by atoms with Crippen molar-refractivity contribution in [1.29, 1.82) is 0 Å². The summed E-state index contributed by atoms with van der Waals surface area (Å²) >= 11 is 0. The smallest absolute Gasteiger partial charge is 0.212 e. The molecular weight excluding hydrogens is 352 g/mol. The second-order valence-electron chi connectivity index (χ2n) is 7.10. The summed E-state index contributed by atoms with van der Waals surface area (Å²) in [6, 6.07) is 3.77. The van der Waals surface area contributed by atoms with Gasteiger partial charge < -0.3 is 4.74 Å². The number of ether oxygens (including phenoxy) is 1. The van der Waals surface area contributed by atoms with Crippen molar-refractivity contribution < 1.29 is 4.74 Å². The van der Waals surface area contributed by atoms with E-state index in [4.69, 9.17) is 4.74 Å². The first kappa shape index (κ1) is 18.2. The normalized spacial score (nSPS) is 15.2. The maximum atomic E-state index is 5.14. The van der Waals surface area contributed by atoms with E-state index in [1.54, 1.807) is 13.3 Å². The molecule has 1 aliphatic rings. The summed E-state index contributed by atoms with van der Waals surface area (Å²) in [4.78, 5) is 8.88. The van der Waals surface area contributed by atoms with E-state index in [2.05, 4.69) is 36.9 Å². The van der Waals surface area contributed by atoms with Crippen LogP contribution in [-0.4, -0.2) is 37.5 Å². The summed E-state index contributed by atoms with van der Waals surface area (Å²) in [7, 11) is 1.60. The van der Waals surface area contributed by atoms with Crippen molar-refractivity contribution in [2.45, 2.75) is 32.6 Å². The molecule has 0 saturated heterocycles. The molecule has 0 unspecified atom stereocenters. The zero-order valence-electron chi connectivity index (χ0n) is 16.2. The standard InChI is InChI=1S/C21H24N6O/c1-4-17-16(21(27-24-17)15-7-8-20(28-3)22-12-15)9-13(2)10-18-23-19(26-25-18)11-14-5-6-14/h4,7-9,12,14,24H,2,5-6,10-11H2,1,3H3,(H,23,25,26)/b16-9+,17-4+. The lowest BCUT2D eigenvalue weighted by Crippen LogP contribution is -2.23. The van der Waals surface area contributed by atoms with E-state index in [1.807, 2.05) is 31.2 Å². The van der Waals surface area contributed by atoms with E-state index in [-0.39, 0.29) is 0 Å². The van der Waals surface area contributed by atoms with Crippen molar-refractivity contribution in [1.82, 2.24) is 30.4 Å². The van der Waals surface area contributed by atoms with Crippen molar-refractivity contribution in [3.63, 3.8) is 0 Å². The summed E-state index contributed by atoms with van der Waals surface area (Å²) in [5.41, 5.74) is 2.67. The summed E-state index contributed by atoms with van der Waals surface area (Å²) < 4.78 is 5.14. The van der Waals surface area contributed by atoms with Crippen LogP contribution >= 0.6 is 0 Å². The van der Waals surface area contributed by atoms with Crippen LogP contribution in [0.5, 0.6) is 5.88 Å². The molecule has 3 heterocycles. The summed E-state index contributed by atoms with van der Waals surface area (Å²) in [6.45, 7) is 6.19. The van der Waals surface area contributed by atoms with Gasteiger partial charge in [-0.1, -0.05) is 12.7 Å². The largest absolute Gasteiger partial charge is 0.481 e. The lowest BCUT2D eigenvalue weighted by Gasteiger charge is -2.00. The number of allylic oxidation sites excluding steroid dienone is 1. The fourth-order valence-corrected chi connectivity index (χ4v) is 3.15. The molecule has 1 fully saturated rings. The molecule has 144 valence electrons. The molecule has 0 aromatic carbocycles. The Hall–Kier alpha value is -3.22. The number of H-pyrrole nitrogens is 2. The molecule has 4 rings (SSSR count). The minimum atomic E-state index is 0.573. The summed E-state index contributed by atoms with van der Waals surface area (Å²) in [5, 5.41) is 16.8. The van der Waals surface area contributed by atoms with E-state index < -0.39 is 0 Å². The number of aromatic nitrogens is 6. The number of pyridine rings is 1. The Morgan fingerprint density at radius 2 is 2.14 bits per heavy atom. The average molecular weight is 376 g/mol. The molecule has 0 bridgehead atoms. The molecular formula is C21H24N6O. The Kier molecular flexibility index (Phi) is 5.06. The van der Waals surface area contributed by atoms with Crippen molar-refractivity contribution >= 4 is 12.2 Å². The number of hydrogen-bond acceptors (Lipinski definition) is 5. The highest BCUT2D eigenvalue weighted by Crippen LogP contribution is 2.31.